The molecule has 0 fully saturated rings. The zero-order chi connectivity index (χ0) is 20.5. The average molecular weight is 392 g/mol. The van der Waals surface area contributed by atoms with Gasteiger partial charge < -0.3 is 9.32 Å². The highest BCUT2D eigenvalue weighted by molar-refractivity contribution is 5.93. The van der Waals surface area contributed by atoms with Crippen LogP contribution in [0.3, 0.4) is 0 Å². The molecule has 0 radical (unpaired) electrons. The van der Waals surface area contributed by atoms with E-state index in [2.05, 4.69) is 10.1 Å². The van der Waals surface area contributed by atoms with Crippen LogP contribution in [0.2, 0.25) is 0 Å². The Morgan fingerprint density at radius 1 is 1.14 bits per heavy atom. The van der Waals surface area contributed by atoms with E-state index >= 15 is 0 Å². The third-order valence-electron chi connectivity index (χ3n) is 4.68. The Bertz CT molecular complexity index is 1150. The van der Waals surface area contributed by atoms with Crippen LogP contribution >= 0.6 is 0 Å². The van der Waals surface area contributed by atoms with Gasteiger partial charge in [0.2, 0.25) is 5.76 Å². The first-order valence-corrected chi connectivity index (χ1v) is 9.39. The maximum atomic E-state index is 13.2. The fourth-order valence-electron chi connectivity index (χ4n) is 3.24. The molecule has 6 nitrogen and oxygen atoms in total. The van der Waals surface area contributed by atoms with Gasteiger partial charge in [-0.1, -0.05) is 44.2 Å². The fourth-order valence-corrected chi connectivity index (χ4v) is 3.24. The molecular weight excluding hydrogens is 371 g/mol. The van der Waals surface area contributed by atoms with Crippen molar-refractivity contribution in [1.82, 2.24) is 19.5 Å². The first kappa shape index (κ1) is 18.9. The molecule has 148 valence electrons. The summed E-state index contributed by atoms with van der Waals surface area (Å²) in [7, 11) is 1.74. The zero-order valence-electron chi connectivity index (χ0n) is 16.5. The first-order valence-electron chi connectivity index (χ1n) is 9.39. The molecule has 2 heterocycles. The van der Waals surface area contributed by atoms with Crippen molar-refractivity contribution in [2.24, 2.45) is 0 Å². The third kappa shape index (κ3) is 3.63. The lowest BCUT2D eigenvalue weighted by Crippen LogP contribution is -2.27. The minimum absolute atomic E-state index is 0.0110. The SMILES string of the molecule is CC(C)c1c(C(=O)N(C)Cc2ccccc2)oc2nc(-c3ccc(F)cc3)nn12. The quantitative estimate of drug-likeness (QED) is 0.501. The van der Waals surface area contributed by atoms with Gasteiger partial charge >= 0.3 is 5.84 Å². The van der Waals surface area contributed by atoms with Gasteiger partial charge in [0.05, 0.1) is 5.69 Å². The molecule has 2 aromatic carbocycles. The molecule has 0 unspecified atom stereocenters. The molecule has 0 spiro atoms. The number of oxazole rings is 1. The van der Waals surface area contributed by atoms with E-state index in [1.54, 1.807) is 28.6 Å². The molecule has 0 saturated heterocycles. The van der Waals surface area contributed by atoms with Gasteiger partial charge in [0, 0.05) is 19.2 Å². The van der Waals surface area contributed by atoms with E-state index in [9.17, 15) is 9.18 Å². The van der Waals surface area contributed by atoms with Gasteiger partial charge in [-0.3, -0.25) is 4.79 Å². The largest absolute Gasteiger partial charge is 0.416 e. The van der Waals surface area contributed by atoms with Gasteiger partial charge in [-0.15, -0.1) is 5.10 Å². The lowest BCUT2D eigenvalue weighted by molar-refractivity contribution is 0.0753. The van der Waals surface area contributed by atoms with E-state index in [1.165, 1.54) is 12.1 Å². The van der Waals surface area contributed by atoms with Crippen LogP contribution in [0.5, 0.6) is 0 Å². The summed E-state index contributed by atoms with van der Waals surface area (Å²) in [5, 5.41) is 4.50. The van der Waals surface area contributed by atoms with Gasteiger partial charge in [-0.05, 0) is 35.7 Å². The fraction of sp³-hybridized carbons (Fsp3) is 0.227. The Kier molecular flexibility index (Phi) is 4.88. The van der Waals surface area contributed by atoms with E-state index in [1.807, 2.05) is 44.2 Å². The number of carbonyl (C=O) groups excluding carboxylic acids is 1. The van der Waals surface area contributed by atoms with Gasteiger partial charge in [0.1, 0.15) is 5.82 Å². The minimum Gasteiger partial charge on any atom is -0.416 e. The van der Waals surface area contributed by atoms with Gasteiger partial charge in [-0.2, -0.15) is 9.50 Å². The Balaban J connectivity index is 1.69. The number of benzene rings is 2. The molecular formula is C22H21FN4O2. The number of amides is 1. The van der Waals surface area contributed by atoms with Crippen molar-refractivity contribution in [3.63, 3.8) is 0 Å². The van der Waals surface area contributed by atoms with Gasteiger partial charge in [-0.25, -0.2) is 4.39 Å². The standard InChI is InChI=1S/C22H21FN4O2/c1-14(2)18-19(21(28)26(3)13-15-7-5-4-6-8-15)29-22-24-20(25-27(18)22)16-9-11-17(23)12-10-16/h4-12,14H,13H2,1-3H3. The van der Waals surface area contributed by atoms with Crippen LogP contribution in [-0.2, 0) is 6.54 Å². The van der Waals surface area contributed by atoms with Crippen LogP contribution in [-0.4, -0.2) is 32.5 Å². The lowest BCUT2D eigenvalue weighted by Gasteiger charge is -2.17. The number of aromatic nitrogens is 3. The van der Waals surface area contributed by atoms with Crippen molar-refractivity contribution in [2.45, 2.75) is 26.3 Å². The van der Waals surface area contributed by atoms with E-state index in [0.717, 1.165) is 5.56 Å². The highest BCUT2D eigenvalue weighted by Gasteiger charge is 2.28. The number of nitrogens with zero attached hydrogens (tertiary/aromatic N) is 4. The van der Waals surface area contributed by atoms with Crippen molar-refractivity contribution in [3.05, 3.63) is 77.4 Å². The zero-order valence-corrected chi connectivity index (χ0v) is 16.5. The monoisotopic (exact) mass is 392 g/mol. The van der Waals surface area contributed by atoms with Gasteiger partial charge in [0.25, 0.3) is 5.91 Å². The molecule has 2 aromatic heterocycles. The predicted molar refractivity (Wildman–Crippen MR) is 107 cm³/mol. The highest BCUT2D eigenvalue weighted by Crippen LogP contribution is 2.27. The second-order valence-electron chi connectivity index (χ2n) is 7.25. The number of rotatable bonds is 5. The second kappa shape index (κ2) is 7.50. The maximum Gasteiger partial charge on any atom is 0.325 e. The first-order chi connectivity index (χ1) is 13.9. The van der Waals surface area contributed by atoms with Crippen molar-refractivity contribution in [1.29, 1.82) is 0 Å². The van der Waals surface area contributed by atoms with Crippen LogP contribution in [0.15, 0.2) is 59.0 Å². The summed E-state index contributed by atoms with van der Waals surface area (Å²) in [5.41, 5.74) is 2.36. The van der Waals surface area contributed by atoms with Crippen molar-refractivity contribution < 1.29 is 13.6 Å². The van der Waals surface area contributed by atoms with Crippen molar-refractivity contribution in [2.75, 3.05) is 7.05 Å². The molecule has 0 atom stereocenters. The molecule has 0 bridgehead atoms. The van der Waals surface area contributed by atoms with Crippen molar-refractivity contribution >= 4 is 11.8 Å². The highest BCUT2D eigenvalue weighted by atomic mass is 19.1. The number of hydrogen-bond acceptors (Lipinski definition) is 4. The summed E-state index contributed by atoms with van der Waals surface area (Å²) < 4.78 is 20.6. The molecule has 1 amide bonds. The van der Waals surface area contributed by atoms with Crippen molar-refractivity contribution in [3.8, 4) is 11.4 Å². The molecule has 0 N–H and O–H groups in total. The predicted octanol–water partition coefficient (Wildman–Crippen LogP) is 4.52. The Morgan fingerprint density at radius 2 is 1.83 bits per heavy atom. The summed E-state index contributed by atoms with van der Waals surface area (Å²) in [6.07, 6.45) is 0. The third-order valence-corrected chi connectivity index (χ3v) is 4.68. The Labute approximate surface area is 167 Å². The van der Waals surface area contributed by atoms with E-state index < -0.39 is 0 Å². The van der Waals surface area contributed by atoms with Crippen LogP contribution in [0.25, 0.3) is 17.2 Å². The van der Waals surface area contributed by atoms with Crippen LogP contribution in [0.4, 0.5) is 4.39 Å². The number of carbonyl (C=O) groups is 1. The number of halogens is 1. The van der Waals surface area contributed by atoms with Gasteiger partial charge in [0.15, 0.2) is 5.82 Å². The van der Waals surface area contributed by atoms with E-state index in [4.69, 9.17) is 4.42 Å². The summed E-state index contributed by atoms with van der Waals surface area (Å²) in [6.45, 7) is 4.41. The maximum absolute atomic E-state index is 13.2. The lowest BCUT2D eigenvalue weighted by atomic mass is 10.1. The molecule has 0 aliphatic heterocycles. The summed E-state index contributed by atoms with van der Waals surface area (Å²) in [4.78, 5) is 19.1. The molecule has 0 aliphatic carbocycles. The number of fused-ring (bicyclic) bond motifs is 1. The van der Waals surface area contributed by atoms with Crippen LogP contribution in [0.1, 0.15) is 41.6 Å². The number of hydrogen-bond donors (Lipinski definition) is 0. The molecule has 7 heteroatoms. The average Bonchev–Trinajstić information content (AvgIpc) is 3.26. The topological polar surface area (TPSA) is 63.6 Å². The van der Waals surface area contributed by atoms with Crippen LogP contribution < -0.4 is 0 Å². The normalized spacial score (nSPS) is 11.3. The molecule has 0 aliphatic rings. The Morgan fingerprint density at radius 3 is 2.48 bits per heavy atom. The second-order valence-corrected chi connectivity index (χ2v) is 7.25. The molecule has 29 heavy (non-hydrogen) atoms. The van der Waals surface area contributed by atoms with E-state index in [0.29, 0.717) is 23.6 Å². The summed E-state index contributed by atoms with van der Waals surface area (Å²) in [5.74, 6) is 0.330. The smallest absolute Gasteiger partial charge is 0.325 e. The van der Waals surface area contributed by atoms with Crippen LogP contribution in [0, 0.1) is 5.82 Å². The summed E-state index contributed by atoms with van der Waals surface area (Å²) in [6, 6.07) is 15.7. The molecule has 4 rings (SSSR count). The minimum atomic E-state index is -0.325. The Hall–Kier alpha value is -3.48. The molecule has 0 saturated carbocycles. The summed E-state index contributed by atoms with van der Waals surface area (Å²) >= 11 is 0. The molecule has 4 aromatic rings. The van der Waals surface area contributed by atoms with E-state index in [-0.39, 0.29) is 29.2 Å².